The Kier molecular flexibility index (Phi) is 7.99. The molecule has 1 atom stereocenters. The molecule has 92 valence electrons. The summed E-state index contributed by atoms with van der Waals surface area (Å²) in [4.78, 5) is 0. The first kappa shape index (κ1) is 15.2. The molecule has 3 nitrogen and oxygen atoms in total. The summed E-state index contributed by atoms with van der Waals surface area (Å²) in [6, 6.07) is 7.70. The van der Waals surface area contributed by atoms with Gasteiger partial charge in [-0.3, -0.25) is 0 Å². The SMILES string of the molecule is CC(CCc1ccc(O)cc1)NCCO.Cl. The number of aromatic hydroxyl groups is 1. The average molecular weight is 246 g/mol. The van der Waals surface area contributed by atoms with E-state index in [9.17, 15) is 0 Å². The highest BCUT2D eigenvalue weighted by Crippen LogP contribution is 2.11. The number of aliphatic hydroxyl groups excluding tert-OH is 1. The first-order chi connectivity index (χ1) is 7.22. The first-order valence-corrected chi connectivity index (χ1v) is 5.34. The number of phenols is 1. The Morgan fingerprint density at radius 2 is 1.88 bits per heavy atom. The van der Waals surface area contributed by atoms with E-state index in [0.717, 1.165) is 12.8 Å². The minimum absolute atomic E-state index is 0. The predicted molar refractivity (Wildman–Crippen MR) is 68.2 cm³/mol. The lowest BCUT2D eigenvalue weighted by molar-refractivity contribution is 0.284. The molecule has 0 fully saturated rings. The van der Waals surface area contributed by atoms with Gasteiger partial charge in [0.2, 0.25) is 0 Å². The van der Waals surface area contributed by atoms with Crippen molar-refractivity contribution < 1.29 is 10.2 Å². The van der Waals surface area contributed by atoms with E-state index in [2.05, 4.69) is 12.2 Å². The molecule has 0 bridgehead atoms. The minimum Gasteiger partial charge on any atom is -0.508 e. The van der Waals surface area contributed by atoms with Crippen molar-refractivity contribution in [1.29, 1.82) is 0 Å². The third-order valence-electron chi connectivity index (χ3n) is 2.41. The number of hydrogen-bond acceptors (Lipinski definition) is 3. The van der Waals surface area contributed by atoms with Crippen molar-refractivity contribution in [2.75, 3.05) is 13.2 Å². The van der Waals surface area contributed by atoms with Gasteiger partial charge in [-0.05, 0) is 37.5 Å². The first-order valence-electron chi connectivity index (χ1n) is 5.34. The van der Waals surface area contributed by atoms with Gasteiger partial charge in [0.25, 0.3) is 0 Å². The lowest BCUT2D eigenvalue weighted by Crippen LogP contribution is -2.29. The van der Waals surface area contributed by atoms with Crippen LogP contribution in [0.25, 0.3) is 0 Å². The zero-order valence-electron chi connectivity index (χ0n) is 9.52. The number of phenolic OH excluding ortho intramolecular Hbond substituents is 1. The van der Waals surface area contributed by atoms with Gasteiger partial charge >= 0.3 is 0 Å². The molecular weight excluding hydrogens is 226 g/mol. The fourth-order valence-electron chi connectivity index (χ4n) is 1.46. The Hall–Kier alpha value is -0.770. The van der Waals surface area contributed by atoms with Crippen LogP contribution < -0.4 is 5.32 Å². The maximum absolute atomic E-state index is 9.11. The smallest absolute Gasteiger partial charge is 0.115 e. The van der Waals surface area contributed by atoms with Gasteiger partial charge < -0.3 is 15.5 Å². The standard InChI is InChI=1S/C12H19NO2.ClH/c1-10(13-8-9-14)2-3-11-4-6-12(15)7-5-11;/h4-7,10,13-15H,2-3,8-9H2,1H3;1H. The lowest BCUT2D eigenvalue weighted by atomic mass is 10.1. The van der Waals surface area contributed by atoms with Gasteiger partial charge in [-0.2, -0.15) is 0 Å². The number of hydrogen-bond donors (Lipinski definition) is 3. The second kappa shape index (κ2) is 8.39. The van der Waals surface area contributed by atoms with Crippen molar-refractivity contribution in [1.82, 2.24) is 5.32 Å². The highest BCUT2D eigenvalue weighted by atomic mass is 35.5. The van der Waals surface area contributed by atoms with Crippen LogP contribution in [0.2, 0.25) is 0 Å². The Balaban J connectivity index is 0.00000225. The summed E-state index contributed by atoms with van der Waals surface area (Å²) in [5, 5.41) is 21.0. The summed E-state index contributed by atoms with van der Waals surface area (Å²) in [7, 11) is 0. The maximum atomic E-state index is 9.11. The molecule has 0 saturated heterocycles. The summed E-state index contributed by atoms with van der Waals surface area (Å²) < 4.78 is 0. The second-order valence-electron chi connectivity index (χ2n) is 3.78. The van der Waals surface area contributed by atoms with Crippen molar-refractivity contribution >= 4 is 12.4 Å². The summed E-state index contributed by atoms with van der Waals surface area (Å²) in [6.45, 7) is 2.94. The van der Waals surface area contributed by atoms with Crippen LogP contribution in [0.1, 0.15) is 18.9 Å². The highest BCUT2D eigenvalue weighted by molar-refractivity contribution is 5.85. The number of nitrogens with one attached hydrogen (secondary N) is 1. The number of aliphatic hydroxyl groups is 1. The lowest BCUT2D eigenvalue weighted by Gasteiger charge is -2.12. The number of benzene rings is 1. The van der Waals surface area contributed by atoms with Gasteiger partial charge in [0, 0.05) is 12.6 Å². The van der Waals surface area contributed by atoms with Gasteiger partial charge in [-0.25, -0.2) is 0 Å². The van der Waals surface area contributed by atoms with E-state index in [1.54, 1.807) is 12.1 Å². The molecule has 16 heavy (non-hydrogen) atoms. The average Bonchev–Trinajstić information content (AvgIpc) is 2.25. The van der Waals surface area contributed by atoms with Crippen molar-refractivity contribution in [3.63, 3.8) is 0 Å². The topological polar surface area (TPSA) is 52.5 Å². The normalized spacial score (nSPS) is 11.9. The summed E-state index contributed by atoms with van der Waals surface area (Å²) in [5.74, 6) is 0.310. The number of rotatable bonds is 6. The largest absolute Gasteiger partial charge is 0.508 e. The molecule has 0 aliphatic heterocycles. The van der Waals surface area contributed by atoms with Gasteiger partial charge in [0.15, 0.2) is 0 Å². The maximum Gasteiger partial charge on any atom is 0.115 e. The van der Waals surface area contributed by atoms with Crippen molar-refractivity contribution in [2.45, 2.75) is 25.8 Å². The van der Waals surface area contributed by atoms with Gasteiger partial charge in [0.1, 0.15) is 5.75 Å². The zero-order valence-corrected chi connectivity index (χ0v) is 10.3. The van der Waals surface area contributed by atoms with E-state index >= 15 is 0 Å². The predicted octanol–water partition coefficient (Wildman–Crippen LogP) is 1.72. The van der Waals surface area contributed by atoms with Crippen LogP contribution in [0.15, 0.2) is 24.3 Å². The summed E-state index contributed by atoms with van der Waals surface area (Å²) in [5.41, 5.74) is 1.23. The van der Waals surface area contributed by atoms with Gasteiger partial charge in [-0.15, -0.1) is 12.4 Å². The molecule has 0 aromatic heterocycles. The molecule has 3 N–H and O–H groups in total. The molecule has 0 saturated carbocycles. The van der Waals surface area contributed by atoms with E-state index in [4.69, 9.17) is 10.2 Å². The fraction of sp³-hybridized carbons (Fsp3) is 0.500. The Morgan fingerprint density at radius 1 is 1.25 bits per heavy atom. The molecule has 0 aliphatic carbocycles. The van der Waals surface area contributed by atoms with E-state index < -0.39 is 0 Å². The Bertz CT molecular complexity index is 277. The van der Waals surface area contributed by atoms with E-state index in [1.165, 1.54) is 5.56 Å². The number of aryl methyl sites for hydroxylation is 1. The van der Waals surface area contributed by atoms with Crippen LogP contribution in [-0.4, -0.2) is 29.4 Å². The molecule has 1 rings (SSSR count). The monoisotopic (exact) mass is 245 g/mol. The molecule has 0 heterocycles. The molecule has 1 aromatic carbocycles. The van der Waals surface area contributed by atoms with Gasteiger partial charge in [0.05, 0.1) is 6.61 Å². The van der Waals surface area contributed by atoms with E-state index in [-0.39, 0.29) is 19.0 Å². The van der Waals surface area contributed by atoms with Crippen LogP contribution in [-0.2, 0) is 6.42 Å². The Morgan fingerprint density at radius 3 is 2.44 bits per heavy atom. The molecule has 4 heteroatoms. The Labute approximate surface area is 103 Å². The fourth-order valence-corrected chi connectivity index (χ4v) is 1.46. The van der Waals surface area contributed by atoms with E-state index in [0.29, 0.717) is 18.3 Å². The molecule has 0 amide bonds. The quantitative estimate of drug-likeness (QED) is 0.715. The van der Waals surface area contributed by atoms with Crippen molar-refractivity contribution in [3.8, 4) is 5.75 Å². The third kappa shape index (κ3) is 5.95. The minimum atomic E-state index is 0. The number of halogens is 1. The summed E-state index contributed by atoms with van der Waals surface area (Å²) in [6.07, 6.45) is 2.02. The second-order valence-corrected chi connectivity index (χ2v) is 3.78. The summed E-state index contributed by atoms with van der Waals surface area (Å²) >= 11 is 0. The van der Waals surface area contributed by atoms with Crippen LogP contribution in [0.5, 0.6) is 5.75 Å². The molecular formula is C12H20ClNO2. The molecule has 0 radical (unpaired) electrons. The van der Waals surface area contributed by atoms with Crippen LogP contribution in [0, 0.1) is 0 Å². The van der Waals surface area contributed by atoms with Crippen molar-refractivity contribution in [3.05, 3.63) is 29.8 Å². The van der Waals surface area contributed by atoms with E-state index in [1.807, 2.05) is 12.1 Å². The van der Waals surface area contributed by atoms with Crippen LogP contribution in [0.3, 0.4) is 0 Å². The third-order valence-corrected chi connectivity index (χ3v) is 2.41. The molecule has 0 aliphatic rings. The van der Waals surface area contributed by atoms with Crippen molar-refractivity contribution in [2.24, 2.45) is 0 Å². The van der Waals surface area contributed by atoms with Crippen LogP contribution in [0.4, 0.5) is 0 Å². The zero-order chi connectivity index (χ0) is 11.1. The van der Waals surface area contributed by atoms with Crippen LogP contribution >= 0.6 is 12.4 Å². The highest BCUT2D eigenvalue weighted by Gasteiger charge is 2.01. The molecule has 1 aromatic rings. The molecule has 1 unspecified atom stereocenters. The van der Waals surface area contributed by atoms with Gasteiger partial charge in [-0.1, -0.05) is 12.1 Å². The molecule has 0 spiro atoms.